The highest BCUT2D eigenvalue weighted by atomic mass is 32.2. The lowest BCUT2D eigenvalue weighted by atomic mass is 9.97. The number of nitrogens with zero attached hydrogens (tertiary/aromatic N) is 2. The minimum Gasteiger partial charge on any atom is -0.493 e. The van der Waals surface area contributed by atoms with Gasteiger partial charge < -0.3 is 14.6 Å². The maximum atomic E-state index is 13.4. The Labute approximate surface area is 281 Å². The number of halogens is 6. The van der Waals surface area contributed by atoms with Crippen molar-refractivity contribution in [1.82, 2.24) is 9.80 Å². The number of hydrogen-bond donors (Lipinski definition) is 1. The molecular weight excluding hydrogens is 682 g/mol. The second-order valence-corrected chi connectivity index (χ2v) is 12.6. The Bertz CT molecular complexity index is 1710. The average molecular weight is 711 g/mol. The van der Waals surface area contributed by atoms with Gasteiger partial charge in [0.25, 0.3) is 5.91 Å². The molecule has 15 heteroatoms. The van der Waals surface area contributed by atoms with Crippen LogP contribution in [-0.2, 0) is 28.4 Å². The van der Waals surface area contributed by atoms with Gasteiger partial charge in [0.15, 0.2) is 0 Å². The number of amides is 1. The zero-order valence-corrected chi connectivity index (χ0v) is 26.7. The van der Waals surface area contributed by atoms with Crippen molar-refractivity contribution in [2.45, 2.75) is 25.3 Å². The maximum Gasteiger partial charge on any atom is 0.416 e. The minimum absolute atomic E-state index is 0.0726. The lowest BCUT2D eigenvalue weighted by Crippen LogP contribution is -2.35. The number of rotatable bonds is 10. The fourth-order valence-electron chi connectivity index (χ4n) is 5.16. The molecule has 2 aliphatic rings. The van der Waals surface area contributed by atoms with E-state index in [4.69, 9.17) is 21.7 Å². The molecule has 0 saturated carbocycles. The van der Waals surface area contributed by atoms with Gasteiger partial charge in [0.2, 0.25) is 0 Å². The molecule has 2 aliphatic heterocycles. The summed E-state index contributed by atoms with van der Waals surface area (Å²) in [5, 5.41) is 9.44. The van der Waals surface area contributed by atoms with Gasteiger partial charge in [-0.2, -0.15) is 26.3 Å². The molecule has 1 N–H and O–H groups in total. The Morgan fingerprint density at radius 1 is 0.958 bits per heavy atom. The van der Waals surface area contributed by atoms with E-state index in [0.29, 0.717) is 68.3 Å². The van der Waals surface area contributed by atoms with Crippen LogP contribution in [0.15, 0.2) is 65.6 Å². The number of aromatic carboxylic acids is 1. The van der Waals surface area contributed by atoms with E-state index >= 15 is 0 Å². The number of hydrogen-bond acceptors (Lipinski definition) is 7. The number of carboxylic acids is 1. The van der Waals surface area contributed by atoms with E-state index in [1.54, 1.807) is 18.2 Å². The van der Waals surface area contributed by atoms with Gasteiger partial charge in [0.1, 0.15) is 10.1 Å². The topological polar surface area (TPSA) is 79.3 Å². The van der Waals surface area contributed by atoms with Gasteiger partial charge in [-0.3, -0.25) is 14.6 Å². The number of thiocarbonyl (C=S) groups is 1. The number of thioether (sulfide) groups is 1. The van der Waals surface area contributed by atoms with E-state index in [-0.39, 0.29) is 45.1 Å². The molecule has 2 fully saturated rings. The Kier molecular flexibility index (Phi) is 10.8. The fourth-order valence-corrected chi connectivity index (χ4v) is 6.46. The number of morpholine rings is 1. The van der Waals surface area contributed by atoms with E-state index in [9.17, 15) is 41.0 Å². The van der Waals surface area contributed by atoms with Crippen LogP contribution in [0.2, 0.25) is 0 Å². The summed E-state index contributed by atoms with van der Waals surface area (Å²) >= 11 is 6.44. The Morgan fingerprint density at radius 2 is 1.65 bits per heavy atom. The van der Waals surface area contributed by atoms with E-state index in [1.165, 1.54) is 35.2 Å². The van der Waals surface area contributed by atoms with Gasteiger partial charge in [-0.05, 0) is 71.7 Å². The molecule has 0 unspecified atom stereocenters. The lowest BCUT2D eigenvalue weighted by Gasteiger charge is -2.27. The summed E-state index contributed by atoms with van der Waals surface area (Å²) < 4.78 is 92.0. The third-order valence-corrected chi connectivity index (χ3v) is 8.95. The molecule has 3 aromatic carbocycles. The Hall–Kier alpha value is -3.92. The number of ether oxygens (including phenoxy) is 2. The van der Waals surface area contributed by atoms with Crippen LogP contribution >= 0.6 is 24.0 Å². The van der Waals surface area contributed by atoms with Gasteiger partial charge in [0, 0.05) is 31.7 Å². The molecule has 0 spiro atoms. The second kappa shape index (κ2) is 14.7. The van der Waals surface area contributed by atoms with Crippen LogP contribution in [0, 0.1) is 0 Å². The first kappa shape index (κ1) is 35.4. The van der Waals surface area contributed by atoms with Crippen molar-refractivity contribution in [3.8, 4) is 16.9 Å². The summed E-state index contributed by atoms with van der Waals surface area (Å²) in [4.78, 5) is 28.5. The zero-order chi connectivity index (χ0) is 34.6. The van der Waals surface area contributed by atoms with E-state index in [2.05, 4.69) is 4.90 Å². The molecule has 0 atom stereocenters. The highest BCUT2D eigenvalue weighted by Gasteiger charge is 2.37. The van der Waals surface area contributed by atoms with Crippen LogP contribution in [0.25, 0.3) is 17.2 Å². The molecule has 7 nitrogen and oxygen atoms in total. The molecule has 0 radical (unpaired) electrons. The molecular formula is C33H28F6N2O5S2. The number of carboxylic acid groups (broad SMARTS) is 1. The van der Waals surface area contributed by atoms with Gasteiger partial charge in [-0.25, -0.2) is 4.79 Å². The SMILES string of the molecule is O=C(O)c1ccc(OCCCN2C(=O)/C(=C/c3cccc(-c4cc(C(F)(F)F)cc(C(F)(F)F)c4)c3)SC2=S)c(CN2CCOCC2)c1. The van der Waals surface area contributed by atoms with Gasteiger partial charge in [-0.15, -0.1) is 0 Å². The quantitative estimate of drug-likeness (QED) is 0.0999. The standard InChI is InChI=1S/C33H28F6N2O5S2/c34-32(35,36)25-16-23(17-26(18-25)33(37,38)39)21-4-1-3-20(13-21)14-28-29(42)41(31(47)48-28)7-2-10-46-27-6-5-22(30(43)44)15-24(27)19-40-8-11-45-12-9-40/h1,3-6,13-18H,2,7-12,19H2,(H,43,44)/b28-14-. The number of benzene rings is 3. The molecule has 0 aliphatic carbocycles. The van der Waals surface area contributed by atoms with Crippen molar-refractivity contribution in [2.24, 2.45) is 0 Å². The van der Waals surface area contributed by atoms with Crippen molar-refractivity contribution in [3.05, 3.63) is 93.4 Å². The predicted octanol–water partition coefficient (Wildman–Crippen LogP) is 7.59. The van der Waals surface area contributed by atoms with Gasteiger partial charge in [-0.1, -0.05) is 42.2 Å². The van der Waals surface area contributed by atoms with Crippen molar-refractivity contribution >= 4 is 46.3 Å². The summed E-state index contributed by atoms with van der Waals surface area (Å²) in [6, 6.07) is 11.9. The molecule has 1 amide bonds. The summed E-state index contributed by atoms with van der Waals surface area (Å²) in [5.41, 5.74) is -1.77. The van der Waals surface area contributed by atoms with Crippen LogP contribution < -0.4 is 4.74 Å². The summed E-state index contributed by atoms with van der Waals surface area (Å²) in [5.74, 6) is -0.919. The van der Waals surface area contributed by atoms with E-state index in [0.717, 1.165) is 11.8 Å². The van der Waals surface area contributed by atoms with Crippen molar-refractivity contribution in [1.29, 1.82) is 0 Å². The first-order valence-corrected chi connectivity index (χ1v) is 15.9. The smallest absolute Gasteiger partial charge is 0.416 e. The first-order valence-electron chi connectivity index (χ1n) is 14.6. The van der Waals surface area contributed by atoms with Crippen molar-refractivity contribution < 1.29 is 50.5 Å². The van der Waals surface area contributed by atoms with E-state index < -0.39 is 35.4 Å². The normalized spacial score (nSPS) is 17.0. The number of carbonyl (C=O) groups excluding carboxylic acids is 1. The fraction of sp³-hybridized carbons (Fsp3) is 0.303. The highest BCUT2D eigenvalue weighted by molar-refractivity contribution is 8.26. The largest absolute Gasteiger partial charge is 0.493 e. The Balaban J connectivity index is 1.25. The summed E-state index contributed by atoms with van der Waals surface area (Å²) in [6.45, 7) is 3.47. The predicted molar refractivity (Wildman–Crippen MR) is 171 cm³/mol. The first-order chi connectivity index (χ1) is 22.7. The summed E-state index contributed by atoms with van der Waals surface area (Å²) in [6.07, 6.45) is -8.09. The third-order valence-electron chi connectivity index (χ3n) is 7.57. The molecule has 2 saturated heterocycles. The minimum atomic E-state index is -4.98. The molecule has 3 aromatic rings. The summed E-state index contributed by atoms with van der Waals surface area (Å²) in [7, 11) is 0. The monoisotopic (exact) mass is 710 g/mol. The molecule has 48 heavy (non-hydrogen) atoms. The highest BCUT2D eigenvalue weighted by Crippen LogP contribution is 2.39. The Morgan fingerprint density at radius 3 is 2.29 bits per heavy atom. The van der Waals surface area contributed by atoms with Crippen LogP contribution in [0.5, 0.6) is 5.75 Å². The van der Waals surface area contributed by atoms with Crippen LogP contribution in [0.1, 0.15) is 39.0 Å². The van der Waals surface area contributed by atoms with Crippen LogP contribution in [-0.4, -0.2) is 70.6 Å². The van der Waals surface area contributed by atoms with Gasteiger partial charge in [0.05, 0.1) is 41.4 Å². The van der Waals surface area contributed by atoms with Crippen LogP contribution in [0.3, 0.4) is 0 Å². The maximum absolute atomic E-state index is 13.4. The van der Waals surface area contributed by atoms with Crippen molar-refractivity contribution in [2.75, 3.05) is 39.5 Å². The third kappa shape index (κ3) is 8.75. The average Bonchev–Trinajstić information content (AvgIpc) is 3.30. The molecule has 5 rings (SSSR count). The molecule has 254 valence electrons. The van der Waals surface area contributed by atoms with Gasteiger partial charge >= 0.3 is 18.3 Å². The second-order valence-electron chi connectivity index (χ2n) is 11.0. The van der Waals surface area contributed by atoms with Crippen LogP contribution in [0.4, 0.5) is 26.3 Å². The number of alkyl halides is 6. The van der Waals surface area contributed by atoms with Crippen molar-refractivity contribution in [3.63, 3.8) is 0 Å². The molecule has 0 aromatic heterocycles. The lowest BCUT2D eigenvalue weighted by molar-refractivity contribution is -0.143. The molecule has 2 heterocycles. The zero-order valence-electron chi connectivity index (χ0n) is 25.1. The molecule has 0 bridgehead atoms. The van der Waals surface area contributed by atoms with E-state index in [1.807, 2.05) is 0 Å². The number of carbonyl (C=O) groups is 2.